The third-order valence-electron chi connectivity index (χ3n) is 4.68. The number of halogens is 1. The molecule has 0 heterocycles. The maximum Gasteiger partial charge on any atom is 0.242 e. The molecule has 1 atom stereocenters. The smallest absolute Gasteiger partial charge is 0.242 e. The fourth-order valence-electron chi connectivity index (χ4n) is 3.05. The second kappa shape index (κ2) is 10.9. The first-order chi connectivity index (χ1) is 13.4. The van der Waals surface area contributed by atoms with Gasteiger partial charge in [0, 0.05) is 18.1 Å². The summed E-state index contributed by atoms with van der Waals surface area (Å²) in [4.78, 5) is 27.3. The Labute approximate surface area is 172 Å². The number of nitrogens with zero attached hydrogens (tertiary/aromatic N) is 1. The van der Waals surface area contributed by atoms with E-state index in [2.05, 4.69) is 12.2 Å². The molecule has 2 rings (SSSR count). The largest absolute Gasteiger partial charge is 0.354 e. The Morgan fingerprint density at radius 3 is 2.50 bits per heavy atom. The van der Waals surface area contributed by atoms with Crippen LogP contribution < -0.4 is 5.32 Å². The van der Waals surface area contributed by atoms with Gasteiger partial charge in [0.25, 0.3) is 0 Å². The van der Waals surface area contributed by atoms with Gasteiger partial charge in [0.05, 0.1) is 6.42 Å². The zero-order valence-electron chi connectivity index (χ0n) is 16.9. The number of amides is 2. The highest BCUT2D eigenvalue weighted by Gasteiger charge is 2.26. The number of rotatable bonds is 9. The molecule has 0 bridgehead atoms. The number of hydrogen-bond donors (Lipinski definition) is 1. The molecule has 0 saturated heterocycles. The summed E-state index contributed by atoms with van der Waals surface area (Å²) in [5.74, 6) is -0.211. The Morgan fingerprint density at radius 1 is 1.11 bits per heavy atom. The first kappa shape index (κ1) is 22.0. The van der Waals surface area contributed by atoms with E-state index in [-0.39, 0.29) is 18.2 Å². The highest BCUT2D eigenvalue weighted by Crippen LogP contribution is 2.16. The standard InChI is InChI=1S/C23H29ClN2O2/c1-4-5-12-25-23(28)18(3)26(16-20-10-7-11-21(24)14-20)22(27)15-19-9-6-8-17(2)13-19/h6-11,13-14,18H,4-5,12,15-16H2,1-3H3,(H,25,28)/t18-/m1/s1. The van der Waals surface area contributed by atoms with Crippen molar-refractivity contribution in [2.24, 2.45) is 0 Å². The molecule has 0 unspecified atom stereocenters. The lowest BCUT2D eigenvalue weighted by atomic mass is 10.1. The molecular weight excluding hydrogens is 372 g/mol. The second-order valence-electron chi connectivity index (χ2n) is 7.14. The molecule has 150 valence electrons. The molecule has 5 heteroatoms. The van der Waals surface area contributed by atoms with Crippen molar-refractivity contribution >= 4 is 23.4 Å². The third-order valence-corrected chi connectivity index (χ3v) is 4.91. The Morgan fingerprint density at radius 2 is 1.82 bits per heavy atom. The number of carbonyl (C=O) groups is 2. The number of unbranched alkanes of at least 4 members (excludes halogenated alkanes) is 1. The fourth-order valence-corrected chi connectivity index (χ4v) is 3.26. The fraction of sp³-hybridized carbons (Fsp3) is 0.391. The van der Waals surface area contributed by atoms with Gasteiger partial charge in [0.1, 0.15) is 6.04 Å². The van der Waals surface area contributed by atoms with Gasteiger partial charge in [-0.05, 0) is 43.5 Å². The van der Waals surface area contributed by atoms with E-state index in [1.54, 1.807) is 17.9 Å². The van der Waals surface area contributed by atoms with Crippen molar-refractivity contribution in [1.82, 2.24) is 10.2 Å². The van der Waals surface area contributed by atoms with Gasteiger partial charge >= 0.3 is 0 Å². The molecule has 28 heavy (non-hydrogen) atoms. The Hall–Kier alpha value is -2.33. The quantitative estimate of drug-likeness (QED) is 0.629. The van der Waals surface area contributed by atoms with Crippen LogP contribution in [0.2, 0.25) is 5.02 Å². The van der Waals surface area contributed by atoms with Crippen LogP contribution in [-0.4, -0.2) is 29.3 Å². The van der Waals surface area contributed by atoms with Crippen LogP contribution in [-0.2, 0) is 22.6 Å². The normalized spacial score (nSPS) is 11.7. The maximum atomic E-state index is 13.1. The monoisotopic (exact) mass is 400 g/mol. The molecule has 0 aliphatic carbocycles. The minimum Gasteiger partial charge on any atom is -0.354 e. The van der Waals surface area contributed by atoms with Gasteiger partial charge in [-0.1, -0.05) is 66.9 Å². The van der Waals surface area contributed by atoms with E-state index in [9.17, 15) is 9.59 Å². The number of benzene rings is 2. The zero-order chi connectivity index (χ0) is 20.5. The first-order valence-corrected chi connectivity index (χ1v) is 10.2. The molecule has 2 aromatic carbocycles. The average Bonchev–Trinajstić information content (AvgIpc) is 2.65. The summed E-state index contributed by atoms with van der Waals surface area (Å²) in [6.07, 6.45) is 2.19. The van der Waals surface area contributed by atoms with Crippen LogP contribution in [0.15, 0.2) is 48.5 Å². The predicted molar refractivity (Wildman–Crippen MR) is 114 cm³/mol. The van der Waals surface area contributed by atoms with Crippen LogP contribution in [0.25, 0.3) is 0 Å². The summed E-state index contributed by atoms with van der Waals surface area (Å²) in [5, 5.41) is 3.54. The summed E-state index contributed by atoms with van der Waals surface area (Å²) in [6.45, 7) is 6.82. The summed E-state index contributed by atoms with van der Waals surface area (Å²) in [6, 6.07) is 14.7. The van der Waals surface area contributed by atoms with Crippen molar-refractivity contribution in [3.63, 3.8) is 0 Å². The molecule has 2 aromatic rings. The molecule has 0 fully saturated rings. The van der Waals surface area contributed by atoms with Crippen LogP contribution in [0.5, 0.6) is 0 Å². The highest BCUT2D eigenvalue weighted by molar-refractivity contribution is 6.30. The Bertz CT molecular complexity index is 807. The highest BCUT2D eigenvalue weighted by atomic mass is 35.5. The molecule has 1 N–H and O–H groups in total. The lowest BCUT2D eigenvalue weighted by molar-refractivity contribution is -0.140. The maximum absolute atomic E-state index is 13.1. The number of aryl methyl sites for hydroxylation is 1. The van der Waals surface area contributed by atoms with Crippen molar-refractivity contribution < 1.29 is 9.59 Å². The molecular formula is C23H29ClN2O2. The second-order valence-corrected chi connectivity index (χ2v) is 7.57. The van der Waals surface area contributed by atoms with E-state index in [0.717, 1.165) is 29.5 Å². The van der Waals surface area contributed by atoms with E-state index < -0.39 is 6.04 Å². The molecule has 0 aromatic heterocycles. The summed E-state index contributed by atoms with van der Waals surface area (Å²) >= 11 is 6.10. The van der Waals surface area contributed by atoms with Crippen LogP contribution in [0.1, 0.15) is 43.4 Å². The number of carbonyl (C=O) groups excluding carboxylic acids is 2. The summed E-state index contributed by atoms with van der Waals surface area (Å²) < 4.78 is 0. The molecule has 0 spiro atoms. The lowest BCUT2D eigenvalue weighted by Gasteiger charge is -2.29. The van der Waals surface area contributed by atoms with Gasteiger partial charge in [-0.25, -0.2) is 0 Å². The molecule has 0 aliphatic heterocycles. The van der Waals surface area contributed by atoms with E-state index in [1.165, 1.54) is 0 Å². The van der Waals surface area contributed by atoms with Crippen molar-refractivity contribution in [1.29, 1.82) is 0 Å². The first-order valence-electron chi connectivity index (χ1n) is 9.78. The minimum absolute atomic E-state index is 0.0799. The van der Waals surface area contributed by atoms with Crippen molar-refractivity contribution in [3.8, 4) is 0 Å². The van der Waals surface area contributed by atoms with E-state index >= 15 is 0 Å². The predicted octanol–water partition coefficient (Wildman–Crippen LogP) is 4.52. The van der Waals surface area contributed by atoms with Gasteiger partial charge in [0.15, 0.2) is 0 Å². The molecule has 0 radical (unpaired) electrons. The van der Waals surface area contributed by atoms with Gasteiger partial charge < -0.3 is 10.2 Å². The van der Waals surface area contributed by atoms with Gasteiger partial charge in [-0.2, -0.15) is 0 Å². The Balaban J connectivity index is 2.18. The minimum atomic E-state index is -0.562. The van der Waals surface area contributed by atoms with Crippen molar-refractivity contribution in [3.05, 3.63) is 70.2 Å². The van der Waals surface area contributed by atoms with E-state index in [4.69, 9.17) is 11.6 Å². The van der Waals surface area contributed by atoms with Crippen LogP contribution in [0.3, 0.4) is 0 Å². The zero-order valence-corrected chi connectivity index (χ0v) is 17.6. The molecule has 4 nitrogen and oxygen atoms in total. The van der Waals surface area contributed by atoms with Crippen LogP contribution in [0, 0.1) is 6.92 Å². The third kappa shape index (κ3) is 6.68. The van der Waals surface area contributed by atoms with Gasteiger partial charge in [-0.3, -0.25) is 9.59 Å². The van der Waals surface area contributed by atoms with Crippen molar-refractivity contribution in [2.45, 2.75) is 52.6 Å². The van der Waals surface area contributed by atoms with Crippen LogP contribution >= 0.6 is 11.6 Å². The number of nitrogens with one attached hydrogen (secondary N) is 1. The average molecular weight is 401 g/mol. The molecule has 0 saturated carbocycles. The van der Waals surface area contributed by atoms with Gasteiger partial charge in [0.2, 0.25) is 11.8 Å². The van der Waals surface area contributed by atoms with E-state index in [1.807, 2.05) is 49.4 Å². The van der Waals surface area contributed by atoms with E-state index in [0.29, 0.717) is 18.1 Å². The molecule has 0 aliphatic rings. The summed E-state index contributed by atoms with van der Waals surface area (Å²) in [7, 11) is 0. The van der Waals surface area contributed by atoms with Crippen molar-refractivity contribution in [2.75, 3.05) is 6.54 Å². The molecule has 2 amide bonds. The van der Waals surface area contributed by atoms with Gasteiger partial charge in [-0.15, -0.1) is 0 Å². The van der Waals surface area contributed by atoms with Crippen LogP contribution in [0.4, 0.5) is 0 Å². The lowest BCUT2D eigenvalue weighted by Crippen LogP contribution is -2.48. The SMILES string of the molecule is CCCCNC(=O)[C@@H](C)N(Cc1cccc(Cl)c1)C(=O)Cc1cccc(C)c1. The number of hydrogen-bond acceptors (Lipinski definition) is 2. The Kier molecular flexibility index (Phi) is 8.52. The topological polar surface area (TPSA) is 49.4 Å². The summed E-state index contributed by atoms with van der Waals surface area (Å²) in [5.41, 5.74) is 2.95.